The van der Waals surface area contributed by atoms with Crippen LogP contribution >= 0.6 is 0 Å². The number of nitrogens with one attached hydrogen (secondary N) is 3. The number of allylic oxidation sites excluding steroid dienone is 6. The van der Waals surface area contributed by atoms with Gasteiger partial charge in [-0.25, -0.2) is 0 Å². The molecule has 19 rings (SSSR count). The molecule has 0 aromatic rings. The Labute approximate surface area is 610 Å². The Morgan fingerprint density at radius 3 is 1.39 bits per heavy atom. The molecule has 3 spiro atoms. The van der Waals surface area contributed by atoms with E-state index in [9.17, 15) is 35.4 Å². The molecule has 0 radical (unpaired) electrons. The Morgan fingerprint density at radius 2 is 0.912 bits per heavy atom. The van der Waals surface area contributed by atoms with Gasteiger partial charge < -0.3 is 70.3 Å². The Hall–Kier alpha value is -2.45. The van der Waals surface area contributed by atoms with Gasteiger partial charge in [0.1, 0.15) is 24.4 Å². The molecule has 19 aliphatic rings. The van der Waals surface area contributed by atoms with E-state index >= 15 is 0 Å². The van der Waals surface area contributed by atoms with Gasteiger partial charge >= 0.3 is 0 Å². The van der Waals surface area contributed by atoms with Crippen molar-refractivity contribution in [2.45, 2.75) is 333 Å². The second kappa shape index (κ2) is 26.4. The van der Waals surface area contributed by atoms with Gasteiger partial charge in [-0.05, 0) is 286 Å². The van der Waals surface area contributed by atoms with E-state index in [-0.39, 0.29) is 58.0 Å². The second-order valence-corrected chi connectivity index (χ2v) is 39.2. The third-order valence-corrected chi connectivity index (χ3v) is 34.5. The topological polar surface area (TPSA) is 221 Å². The molecule has 7 saturated heterocycles. The number of carbonyl (C=O) groups is 1. The van der Waals surface area contributed by atoms with E-state index in [0.717, 1.165) is 139 Å². The quantitative estimate of drug-likeness (QED) is 0.120. The fraction of sp³-hybridized carbons (Fsp3) is 0.851. The molecule has 12 aliphatic carbocycles. The highest BCUT2D eigenvalue weighted by molar-refractivity contribution is 6.02. The molecule has 7 heterocycles. The molecule has 0 amide bonds. The van der Waals surface area contributed by atoms with E-state index in [4.69, 9.17) is 23.7 Å². The maximum atomic E-state index is 14.1. The Balaban J connectivity index is 0.000000116. The first-order valence-electron chi connectivity index (χ1n) is 42.0. The number of carbonyl (C=O) groups excluding carboxylic acids is 1. The van der Waals surface area contributed by atoms with Crippen LogP contribution in [0.15, 0.2) is 68.4 Å². The minimum absolute atomic E-state index is 0.0222. The van der Waals surface area contributed by atoms with E-state index in [0.29, 0.717) is 101 Å². The third-order valence-electron chi connectivity index (χ3n) is 34.5. The molecule has 0 aromatic carbocycles. The van der Waals surface area contributed by atoms with Gasteiger partial charge in [-0.15, -0.1) is 0 Å². The number of ether oxygens (including phenoxy) is 5. The number of aliphatic hydroxyl groups is 6. The fourth-order valence-corrected chi connectivity index (χ4v) is 28.6. The lowest BCUT2D eigenvalue weighted by atomic mass is 9.56. The van der Waals surface area contributed by atoms with Gasteiger partial charge in [-0.2, -0.15) is 0 Å². The van der Waals surface area contributed by atoms with Gasteiger partial charge in [0.15, 0.2) is 12.1 Å². The highest BCUT2D eigenvalue weighted by Gasteiger charge is 2.67. The first-order valence-corrected chi connectivity index (χ1v) is 42.0. The third kappa shape index (κ3) is 10.9. The van der Waals surface area contributed by atoms with Crippen molar-refractivity contribution in [2.75, 3.05) is 26.2 Å². The van der Waals surface area contributed by atoms with Crippen molar-refractivity contribution in [3.8, 4) is 0 Å². The van der Waals surface area contributed by atoms with Crippen molar-refractivity contribution >= 4 is 5.78 Å². The van der Waals surface area contributed by atoms with Crippen molar-refractivity contribution in [2.24, 2.45) is 105 Å². The van der Waals surface area contributed by atoms with Crippen molar-refractivity contribution in [3.05, 3.63) is 68.4 Å². The highest BCUT2D eigenvalue weighted by atomic mass is 16.7. The number of hydrogen-bond donors (Lipinski definition) is 9. The van der Waals surface area contributed by atoms with Gasteiger partial charge in [0, 0.05) is 47.4 Å². The van der Waals surface area contributed by atoms with E-state index in [2.05, 4.69) is 117 Å². The van der Waals surface area contributed by atoms with Crippen LogP contribution in [0.2, 0.25) is 0 Å². The van der Waals surface area contributed by atoms with Crippen molar-refractivity contribution in [1.82, 2.24) is 16.0 Å². The molecule has 35 atom stereocenters. The molecular formula is C87H131N3O12. The predicted molar refractivity (Wildman–Crippen MR) is 393 cm³/mol. The Kier molecular flexibility index (Phi) is 18.7. The van der Waals surface area contributed by atoms with Crippen LogP contribution in [-0.2, 0) is 28.5 Å². The minimum atomic E-state index is -1.41. The van der Waals surface area contributed by atoms with Crippen LogP contribution in [0.25, 0.3) is 0 Å². The number of piperidine rings is 3. The fourth-order valence-electron chi connectivity index (χ4n) is 28.6. The van der Waals surface area contributed by atoms with Gasteiger partial charge in [0.2, 0.25) is 0 Å². The van der Waals surface area contributed by atoms with Crippen LogP contribution in [0.5, 0.6) is 0 Å². The SMILES string of the molecule is CC1=C2C(=O)[C@H]3[C@@H](CC=C4C[C@@H](O)CC[C@@]43C)[C@@H]2CCC12O[C@@H]1C[C@H](C)CN[C@H]1[C@H]2C.CC1=C2C[C@H]3[C@@H](CC=C4C[C@@H](O)CC[C@@]43C)[C@@H]2CCC12O[C@@H]1C[C@H](C)CN[C@H]1[C@H]2C.CC1=C2C[C@H]3[C@@H](CC=C4C[C@@H](OC5OC(CO)C(O)C(O)C5O)CC[C@@]43C)[C@@H]2CCC12O[C@@H]1C[C@H](C)CN[C@H]1[C@H]2C. The monoisotopic (exact) mass is 1410 g/mol. The molecule has 7 aliphatic heterocycles. The maximum Gasteiger partial charge on any atom is 0.186 e. The first-order chi connectivity index (χ1) is 48.7. The summed E-state index contributed by atoms with van der Waals surface area (Å²) in [6.45, 7) is 31.5. The van der Waals surface area contributed by atoms with E-state index in [1.807, 2.05) is 0 Å². The number of aliphatic hydroxyl groups excluding tert-OH is 6. The number of rotatable bonds is 3. The zero-order valence-electron chi connectivity index (χ0n) is 64.2. The summed E-state index contributed by atoms with van der Waals surface area (Å²) < 4.78 is 32.9. The summed E-state index contributed by atoms with van der Waals surface area (Å²) >= 11 is 0. The van der Waals surface area contributed by atoms with Gasteiger partial charge in [-0.1, -0.05) is 108 Å². The summed E-state index contributed by atoms with van der Waals surface area (Å²) in [5.41, 5.74) is 13.4. The molecule has 0 bridgehead atoms. The second-order valence-electron chi connectivity index (χ2n) is 39.2. The van der Waals surface area contributed by atoms with E-state index < -0.39 is 37.3 Å². The van der Waals surface area contributed by atoms with E-state index in [1.54, 1.807) is 27.9 Å². The zero-order valence-corrected chi connectivity index (χ0v) is 64.2. The summed E-state index contributed by atoms with van der Waals surface area (Å²) in [5, 5.41) is 72.4. The van der Waals surface area contributed by atoms with Crippen molar-refractivity contribution in [1.29, 1.82) is 0 Å². The lowest BCUT2D eigenvalue weighted by Gasteiger charge is -2.50. The minimum Gasteiger partial charge on any atom is -0.394 e. The summed E-state index contributed by atoms with van der Waals surface area (Å²) in [5.74, 6) is 9.19. The van der Waals surface area contributed by atoms with Gasteiger partial charge in [0.25, 0.3) is 0 Å². The number of Topliss-reactive ketones (excluding diaryl/α,β-unsaturated/α-hetero) is 1. The molecule has 15 nitrogen and oxygen atoms in total. The molecule has 0 aromatic heterocycles. The molecule has 13 fully saturated rings. The van der Waals surface area contributed by atoms with Gasteiger partial charge in [-0.3, -0.25) is 4.79 Å². The van der Waals surface area contributed by atoms with Crippen molar-refractivity contribution in [3.63, 3.8) is 0 Å². The predicted octanol–water partition coefficient (Wildman–Crippen LogP) is 12.0. The number of fused-ring (bicyclic) bond motifs is 18. The molecule has 8 unspecified atom stereocenters. The first kappa shape index (κ1) is 72.4. The molecule has 9 N–H and O–H groups in total. The van der Waals surface area contributed by atoms with Crippen LogP contribution in [-0.4, -0.2) is 165 Å². The van der Waals surface area contributed by atoms with Crippen LogP contribution in [0.4, 0.5) is 0 Å². The normalized spacial score (nSPS) is 54.5. The summed E-state index contributed by atoms with van der Waals surface area (Å²) in [6, 6.07) is 1.40. The Bertz CT molecular complexity index is 3470. The standard InChI is InChI=1S/C33H51NO7.C27H39NO3.C27H41NO2/c1-16-11-25-27(34-14-16)18(3)33(41-25)10-8-21-22-6-5-19-12-20(7-9-32(19,4)24(22)13-23(21)17(33)2)39-31-30(38)29(37)28(36)26(15-35)40-31;1-14-11-21-24(28-13-14)16(3)27(31-21)10-8-19-20-6-5-17-12-18(29)7-9-26(17,4)23(20)25(30)22(19)15(27)2;1-15-11-24-25(28-14-15)17(3)27(30-24)10-8-20-21-6-5-18-12-19(29)7-9-26(18,4)23(21)13-22(20)16(27)2/h5,16,18,20-22,24-31,34-38H,6-15H2,1-4H3;5,14,16,18-21,23-24,28-29H,6-13H2,1-4H3;5,15,17,19-21,23-25,28-29H,6-14H2,1-4H3/t16-,18+,20-,21-,22-,24-,25+,26?,27-,28?,29?,30?,31?,32-,33?;14-,16+,18-,19-,20-,21+,23+,24-,26-,27?;15-,17+,19-,20-,21-,23-,24+,25-,26-,27?/m000/s1. The number of hydrogen-bond acceptors (Lipinski definition) is 15. The number of ketones is 1. The van der Waals surface area contributed by atoms with Gasteiger partial charge in [0.05, 0.1) is 60.0 Å². The molecule has 15 heteroatoms. The van der Waals surface area contributed by atoms with E-state index in [1.165, 1.54) is 74.5 Å². The van der Waals surface area contributed by atoms with Crippen molar-refractivity contribution < 1.29 is 59.1 Å². The Morgan fingerprint density at radius 1 is 0.490 bits per heavy atom. The van der Waals surface area contributed by atoms with Crippen LogP contribution in [0, 0.1) is 105 Å². The molecular weight excluding hydrogens is 1280 g/mol. The lowest BCUT2D eigenvalue weighted by molar-refractivity contribution is -0.313. The largest absolute Gasteiger partial charge is 0.394 e. The zero-order chi connectivity index (χ0) is 71.4. The average Bonchev–Trinajstić information content (AvgIpc) is 1.55. The van der Waals surface area contributed by atoms with Crippen LogP contribution in [0.1, 0.15) is 231 Å². The molecule has 566 valence electrons. The smallest absolute Gasteiger partial charge is 0.186 e. The summed E-state index contributed by atoms with van der Waals surface area (Å²) in [7, 11) is 0. The van der Waals surface area contributed by atoms with Crippen LogP contribution in [0.3, 0.4) is 0 Å². The summed E-state index contributed by atoms with van der Waals surface area (Å²) in [4.78, 5) is 14.1. The average molecular weight is 1410 g/mol. The maximum absolute atomic E-state index is 14.1. The highest BCUT2D eigenvalue weighted by Crippen LogP contribution is 2.69. The molecule has 102 heavy (non-hydrogen) atoms. The lowest BCUT2D eigenvalue weighted by Crippen LogP contribution is -2.59. The molecule has 6 saturated carbocycles. The van der Waals surface area contributed by atoms with Crippen LogP contribution < -0.4 is 16.0 Å². The summed E-state index contributed by atoms with van der Waals surface area (Å²) in [6.07, 6.45) is 26.4.